The molecule has 3 aromatic carbocycles. The summed E-state index contributed by atoms with van der Waals surface area (Å²) in [4.78, 5) is 47.6. The van der Waals surface area contributed by atoms with Gasteiger partial charge in [0, 0.05) is 17.5 Å². The first-order chi connectivity index (χ1) is 15.2. The molecular formula is C23H17NO8. The quantitative estimate of drug-likeness (QED) is 0.279. The number of hydrogen-bond acceptors (Lipinski definition) is 6. The summed E-state index contributed by atoms with van der Waals surface area (Å²) in [6.07, 6.45) is -0.219. The van der Waals surface area contributed by atoms with Crippen molar-refractivity contribution < 1.29 is 39.6 Å². The molecule has 162 valence electrons. The average Bonchev–Trinajstić information content (AvgIpc) is 2.75. The van der Waals surface area contributed by atoms with Crippen molar-refractivity contribution in [3.63, 3.8) is 0 Å². The fraction of sp³-hybridized carbons (Fsp3) is 0.0435. The zero-order chi connectivity index (χ0) is 23.4. The Labute approximate surface area is 181 Å². The number of aromatic hydroxyl groups is 2. The van der Waals surface area contributed by atoms with E-state index in [0.29, 0.717) is 0 Å². The zero-order valence-electron chi connectivity index (χ0n) is 16.4. The Bertz CT molecular complexity index is 1130. The van der Waals surface area contributed by atoms with Crippen molar-refractivity contribution in [2.45, 2.75) is 6.42 Å². The van der Waals surface area contributed by atoms with Crippen LogP contribution >= 0.6 is 0 Å². The van der Waals surface area contributed by atoms with Crippen molar-refractivity contribution in [2.75, 3.05) is 5.32 Å². The molecule has 0 aromatic heterocycles. The van der Waals surface area contributed by atoms with Crippen LogP contribution < -0.4 is 5.32 Å². The van der Waals surface area contributed by atoms with Gasteiger partial charge in [-0.3, -0.25) is 9.59 Å². The third-order valence-electron chi connectivity index (χ3n) is 4.63. The number of ketones is 1. The van der Waals surface area contributed by atoms with E-state index in [1.165, 1.54) is 48.5 Å². The minimum absolute atomic E-state index is 0.00557. The lowest BCUT2D eigenvalue weighted by molar-refractivity contribution is 0.0685. The predicted molar refractivity (Wildman–Crippen MR) is 113 cm³/mol. The number of nitrogens with one attached hydrogen (secondary N) is 1. The summed E-state index contributed by atoms with van der Waals surface area (Å²) < 4.78 is 0. The molecule has 0 saturated heterocycles. The first kappa shape index (κ1) is 22.0. The van der Waals surface area contributed by atoms with E-state index in [4.69, 9.17) is 0 Å². The van der Waals surface area contributed by atoms with Crippen molar-refractivity contribution in [3.8, 4) is 11.5 Å². The molecular weight excluding hydrogens is 418 g/mol. The highest BCUT2D eigenvalue weighted by Gasteiger charge is 2.17. The van der Waals surface area contributed by atoms with E-state index < -0.39 is 23.6 Å². The molecule has 9 nitrogen and oxygen atoms in total. The first-order valence-corrected chi connectivity index (χ1v) is 9.22. The van der Waals surface area contributed by atoms with Crippen molar-refractivity contribution in [3.05, 3.63) is 88.5 Å². The summed E-state index contributed by atoms with van der Waals surface area (Å²) in [6, 6.07) is 12.7. The van der Waals surface area contributed by atoms with Crippen LogP contribution in [0.3, 0.4) is 0 Å². The van der Waals surface area contributed by atoms with Gasteiger partial charge < -0.3 is 25.7 Å². The van der Waals surface area contributed by atoms with Gasteiger partial charge in [0.1, 0.15) is 11.5 Å². The van der Waals surface area contributed by atoms with Crippen LogP contribution in [0.15, 0.2) is 60.7 Å². The molecule has 0 fully saturated rings. The molecule has 0 unspecified atom stereocenters. The number of carboxylic acid groups (broad SMARTS) is 2. The maximum Gasteiger partial charge on any atom is 0.337 e. The molecule has 0 heterocycles. The fourth-order valence-electron chi connectivity index (χ4n) is 3.01. The lowest BCUT2D eigenvalue weighted by Gasteiger charge is -2.10. The molecule has 9 heteroatoms. The number of aromatic carboxylic acids is 2. The van der Waals surface area contributed by atoms with E-state index in [9.17, 15) is 39.6 Å². The number of benzene rings is 3. The zero-order valence-corrected chi connectivity index (χ0v) is 16.4. The van der Waals surface area contributed by atoms with Gasteiger partial charge in [-0.1, -0.05) is 18.2 Å². The molecule has 5 N–H and O–H groups in total. The number of Topliss-reactive ketones (excluding diaryl/α,β-unsaturated/α-hetero) is 1. The largest absolute Gasteiger partial charge is 0.508 e. The van der Waals surface area contributed by atoms with E-state index in [1.54, 1.807) is 0 Å². The maximum atomic E-state index is 12.6. The molecule has 0 aliphatic heterocycles. The van der Waals surface area contributed by atoms with Crippen LogP contribution in [-0.4, -0.2) is 44.1 Å². The third kappa shape index (κ3) is 4.90. The van der Waals surface area contributed by atoms with Gasteiger partial charge >= 0.3 is 11.9 Å². The normalized spacial score (nSPS) is 10.4. The molecule has 0 bridgehead atoms. The third-order valence-corrected chi connectivity index (χ3v) is 4.63. The van der Waals surface area contributed by atoms with Crippen LogP contribution in [0.25, 0.3) is 0 Å². The fourth-order valence-corrected chi connectivity index (χ4v) is 3.01. The Morgan fingerprint density at radius 2 is 1.22 bits per heavy atom. The number of hydrogen-bond donors (Lipinski definition) is 5. The summed E-state index contributed by atoms with van der Waals surface area (Å²) in [7, 11) is 0. The van der Waals surface area contributed by atoms with E-state index in [0.717, 1.165) is 12.1 Å². The van der Waals surface area contributed by atoms with Gasteiger partial charge in [-0.05, 0) is 48.0 Å². The summed E-state index contributed by atoms with van der Waals surface area (Å²) in [5.41, 5.74) is 0.152. The molecule has 0 atom stereocenters. The monoisotopic (exact) mass is 435 g/mol. The summed E-state index contributed by atoms with van der Waals surface area (Å²) in [5.74, 6) is -4.10. The molecule has 3 aromatic rings. The maximum absolute atomic E-state index is 12.6. The molecule has 32 heavy (non-hydrogen) atoms. The van der Waals surface area contributed by atoms with Crippen molar-refractivity contribution in [1.82, 2.24) is 0 Å². The number of rotatable bonds is 7. The van der Waals surface area contributed by atoms with Crippen LogP contribution in [0.4, 0.5) is 5.69 Å². The SMILES string of the molecule is O=C(Cc1ccc(O)cc1C(=O)O)c1ccc(C(=O)Nc2ccc(O)cc2C(=O)O)cc1. The van der Waals surface area contributed by atoms with Gasteiger partial charge in [-0.15, -0.1) is 0 Å². The average molecular weight is 435 g/mol. The second kappa shape index (κ2) is 9.00. The number of carbonyl (C=O) groups is 4. The van der Waals surface area contributed by atoms with Crippen LogP contribution in [0.1, 0.15) is 47.0 Å². The summed E-state index contributed by atoms with van der Waals surface area (Å²) in [6.45, 7) is 0. The second-order valence-electron chi connectivity index (χ2n) is 6.81. The highest BCUT2D eigenvalue weighted by atomic mass is 16.4. The predicted octanol–water partition coefficient (Wildman–Crippen LogP) is 3.17. The Balaban J connectivity index is 1.75. The van der Waals surface area contributed by atoms with Gasteiger partial charge in [-0.2, -0.15) is 0 Å². The molecule has 1 amide bonds. The minimum Gasteiger partial charge on any atom is -0.508 e. The molecule has 0 saturated carbocycles. The van der Waals surface area contributed by atoms with E-state index in [1.807, 2.05) is 0 Å². The van der Waals surface area contributed by atoms with Gasteiger partial charge in [0.15, 0.2) is 5.78 Å². The van der Waals surface area contributed by atoms with Crippen molar-refractivity contribution in [1.29, 1.82) is 0 Å². The van der Waals surface area contributed by atoms with Crippen molar-refractivity contribution in [2.24, 2.45) is 0 Å². The van der Waals surface area contributed by atoms with Crippen LogP contribution in [0.5, 0.6) is 11.5 Å². The highest BCUT2D eigenvalue weighted by molar-refractivity contribution is 6.08. The molecule has 0 aliphatic rings. The van der Waals surface area contributed by atoms with Crippen LogP contribution in [-0.2, 0) is 6.42 Å². The Morgan fingerprint density at radius 3 is 1.81 bits per heavy atom. The molecule has 3 rings (SSSR count). The Kier molecular flexibility index (Phi) is 6.20. The lowest BCUT2D eigenvalue weighted by atomic mass is 9.98. The number of phenols is 2. The highest BCUT2D eigenvalue weighted by Crippen LogP contribution is 2.23. The Morgan fingerprint density at radius 1 is 0.688 bits per heavy atom. The molecule has 0 spiro atoms. The van der Waals surface area contributed by atoms with Gasteiger partial charge in [0.25, 0.3) is 5.91 Å². The number of amides is 1. The second-order valence-corrected chi connectivity index (χ2v) is 6.81. The van der Waals surface area contributed by atoms with Crippen LogP contribution in [0, 0.1) is 0 Å². The van der Waals surface area contributed by atoms with E-state index >= 15 is 0 Å². The van der Waals surface area contributed by atoms with Gasteiger partial charge in [0.2, 0.25) is 0 Å². The first-order valence-electron chi connectivity index (χ1n) is 9.22. The number of carbonyl (C=O) groups excluding carboxylic acids is 2. The smallest absolute Gasteiger partial charge is 0.337 e. The van der Waals surface area contributed by atoms with Crippen LogP contribution in [0.2, 0.25) is 0 Å². The van der Waals surface area contributed by atoms with E-state index in [2.05, 4.69) is 5.32 Å². The summed E-state index contributed by atoms with van der Waals surface area (Å²) >= 11 is 0. The van der Waals surface area contributed by atoms with Crippen molar-refractivity contribution >= 4 is 29.3 Å². The number of carboxylic acids is 2. The standard InChI is InChI=1S/C23H17NO8/c25-15-6-5-14(17(10-15)22(29)30)9-20(27)12-1-3-13(4-2-12)21(28)24-19-8-7-16(26)11-18(19)23(31)32/h1-8,10-11,25-26H,9H2,(H,24,28)(H,29,30)(H,31,32). The van der Waals surface area contributed by atoms with Gasteiger partial charge in [0.05, 0.1) is 16.8 Å². The van der Waals surface area contributed by atoms with Gasteiger partial charge in [-0.25, -0.2) is 9.59 Å². The summed E-state index contributed by atoms with van der Waals surface area (Å²) in [5, 5.41) is 39.8. The number of anilines is 1. The topological polar surface area (TPSA) is 161 Å². The molecule has 0 aliphatic carbocycles. The van der Waals surface area contributed by atoms with E-state index in [-0.39, 0.29) is 51.4 Å². The number of phenolic OH excluding ortho intramolecular Hbond substituents is 2. The lowest BCUT2D eigenvalue weighted by Crippen LogP contribution is -2.15. The molecule has 0 radical (unpaired) electrons. The Hall–Kier alpha value is -4.66. The minimum atomic E-state index is -1.33.